The van der Waals surface area contributed by atoms with Gasteiger partial charge < -0.3 is 10.3 Å². The van der Waals surface area contributed by atoms with Crippen molar-refractivity contribution in [2.24, 2.45) is 0 Å². The van der Waals surface area contributed by atoms with Gasteiger partial charge in [-0.05, 0) is 6.07 Å². The number of thiazole rings is 1. The predicted molar refractivity (Wildman–Crippen MR) is 128 cm³/mol. The first-order chi connectivity index (χ1) is 15.4. The highest BCUT2D eigenvalue weighted by Crippen LogP contribution is 2.30. The van der Waals surface area contributed by atoms with Crippen LogP contribution >= 0.6 is 11.3 Å². The molecule has 3 heterocycles. The van der Waals surface area contributed by atoms with Gasteiger partial charge in [0.05, 0.1) is 12.2 Å². The summed E-state index contributed by atoms with van der Waals surface area (Å²) in [4.78, 5) is 22.3. The quantitative estimate of drug-likeness (QED) is 0.520. The van der Waals surface area contributed by atoms with Crippen LogP contribution in [-0.2, 0) is 15.0 Å². The number of para-hydroxylation sites is 1. The van der Waals surface area contributed by atoms with E-state index < -0.39 is 10.2 Å². The summed E-state index contributed by atoms with van der Waals surface area (Å²) >= 11 is 1.39. The maximum absolute atomic E-state index is 12.6. The van der Waals surface area contributed by atoms with Crippen molar-refractivity contribution in [3.63, 3.8) is 0 Å². The van der Waals surface area contributed by atoms with E-state index in [1.165, 1.54) is 19.9 Å². The van der Waals surface area contributed by atoms with E-state index in [9.17, 15) is 13.2 Å². The average molecular weight is 477 g/mol. The van der Waals surface area contributed by atoms with Crippen molar-refractivity contribution >= 4 is 43.5 Å². The molecule has 0 unspecified atom stereocenters. The van der Waals surface area contributed by atoms with Gasteiger partial charge in [-0.2, -0.15) is 17.0 Å². The van der Waals surface area contributed by atoms with E-state index in [4.69, 9.17) is 0 Å². The Morgan fingerprint density at radius 3 is 2.62 bits per heavy atom. The third-order valence-electron chi connectivity index (χ3n) is 5.67. The smallest absolute Gasteiger partial charge is 0.282 e. The van der Waals surface area contributed by atoms with Crippen LogP contribution in [0.5, 0.6) is 0 Å². The highest BCUT2D eigenvalue weighted by molar-refractivity contribution is 7.86. The van der Waals surface area contributed by atoms with Crippen LogP contribution in [0.25, 0.3) is 22.2 Å². The molecular weight excluding hydrogens is 448 g/mol. The number of rotatable bonds is 8. The van der Waals surface area contributed by atoms with Crippen molar-refractivity contribution in [3.8, 4) is 11.3 Å². The van der Waals surface area contributed by atoms with Gasteiger partial charge in [0, 0.05) is 67.3 Å². The molecule has 9 nitrogen and oxygen atoms in total. The second-order valence-corrected chi connectivity index (χ2v) is 10.4. The second kappa shape index (κ2) is 9.67. The molecule has 2 aromatic heterocycles. The Morgan fingerprint density at radius 2 is 1.91 bits per heavy atom. The zero-order valence-corrected chi connectivity index (χ0v) is 19.9. The summed E-state index contributed by atoms with van der Waals surface area (Å²) in [6, 6.07) is 8.02. The van der Waals surface area contributed by atoms with Gasteiger partial charge in [0.15, 0.2) is 5.13 Å². The van der Waals surface area contributed by atoms with Gasteiger partial charge in [-0.25, -0.2) is 4.98 Å². The molecule has 172 valence electrons. The molecule has 0 saturated carbocycles. The summed E-state index contributed by atoms with van der Waals surface area (Å²) in [6.07, 6.45) is 1.93. The molecule has 2 N–H and O–H groups in total. The number of hydrogen-bond acceptors (Lipinski definition) is 6. The van der Waals surface area contributed by atoms with Crippen molar-refractivity contribution < 1.29 is 13.2 Å². The number of carbonyl (C=O) groups excluding carboxylic acids is 1. The number of nitrogens with one attached hydrogen (secondary N) is 2. The Labute approximate surface area is 192 Å². The number of amides is 1. The Bertz CT molecular complexity index is 1180. The van der Waals surface area contributed by atoms with Crippen LogP contribution in [0.3, 0.4) is 0 Å². The van der Waals surface area contributed by atoms with Crippen molar-refractivity contribution in [2.45, 2.75) is 13.8 Å². The highest BCUT2D eigenvalue weighted by atomic mass is 32.2. The largest absolute Gasteiger partial charge is 0.360 e. The lowest BCUT2D eigenvalue weighted by molar-refractivity contribution is -0.117. The molecule has 0 aliphatic carbocycles. The normalized spacial score (nSPS) is 16.1. The fourth-order valence-corrected chi connectivity index (χ4v) is 6.26. The molecule has 3 aromatic rings. The predicted octanol–water partition coefficient (Wildman–Crippen LogP) is 2.43. The standard InChI is InChI=1S/C21H28N6O3S2/c1-3-26(4-2)32(29,30)27-11-9-25(10-12-27)14-20(28)24-21-23-19(15-31-21)17-13-22-18-8-6-5-7-16(17)18/h5-8,13,15,22H,3-4,9-12,14H2,1-2H3,(H,23,24,28). The summed E-state index contributed by atoms with van der Waals surface area (Å²) in [5.41, 5.74) is 2.86. The number of fused-ring (bicyclic) bond motifs is 1. The van der Waals surface area contributed by atoms with E-state index in [0.717, 1.165) is 22.2 Å². The summed E-state index contributed by atoms with van der Waals surface area (Å²) in [7, 11) is -3.43. The minimum atomic E-state index is -3.43. The summed E-state index contributed by atoms with van der Waals surface area (Å²) in [6.45, 7) is 6.60. The van der Waals surface area contributed by atoms with Gasteiger partial charge in [-0.15, -0.1) is 11.3 Å². The Kier molecular flexibility index (Phi) is 6.91. The van der Waals surface area contributed by atoms with E-state index in [2.05, 4.69) is 15.3 Å². The first-order valence-corrected chi connectivity index (χ1v) is 13.0. The first-order valence-electron chi connectivity index (χ1n) is 10.7. The van der Waals surface area contributed by atoms with E-state index in [-0.39, 0.29) is 12.5 Å². The number of piperazine rings is 1. The molecule has 11 heteroatoms. The number of carbonyl (C=O) groups is 1. The zero-order valence-electron chi connectivity index (χ0n) is 18.2. The van der Waals surface area contributed by atoms with Crippen LogP contribution in [0.1, 0.15) is 13.8 Å². The van der Waals surface area contributed by atoms with Crippen molar-refractivity contribution in [3.05, 3.63) is 35.8 Å². The maximum Gasteiger partial charge on any atom is 0.282 e. The van der Waals surface area contributed by atoms with Gasteiger partial charge in [-0.1, -0.05) is 32.0 Å². The lowest BCUT2D eigenvalue weighted by Gasteiger charge is -2.35. The topological polar surface area (TPSA) is 102 Å². The summed E-state index contributed by atoms with van der Waals surface area (Å²) < 4.78 is 28.3. The number of aromatic nitrogens is 2. The first kappa shape index (κ1) is 22.9. The molecule has 32 heavy (non-hydrogen) atoms. The molecule has 1 aliphatic rings. The highest BCUT2D eigenvalue weighted by Gasteiger charge is 2.31. The molecule has 1 aromatic carbocycles. The maximum atomic E-state index is 12.6. The van der Waals surface area contributed by atoms with Gasteiger partial charge in [0.1, 0.15) is 0 Å². The molecule has 0 atom stereocenters. The minimum absolute atomic E-state index is 0.148. The van der Waals surface area contributed by atoms with Gasteiger partial charge in [0.25, 0.3) is 10.2 Å². The van der Waals surface area contributed by atoms with Gasteiger partial charge >= 0.3 is 0 Å². The molecule has 4 rings (SSSR count). The summed E-state index contributed by atoms with van der Waals surface area (Å²) in [5.74, 6) is -0.148. The average Bonchev–Trinajstić information content (AvgIpc) is 3.41. The van der Waals surface area contributed by atoms with Crippen LogP contribution in [0.4, 0.5) is 5.13 Å². The number of benzene rings is 1. The van der Waals surface area contributed by atoms with E-state index >= 15 is 0 Å². The number of nitrogens with zero attached hydrogens (tertiary/aromatic N) is 4. The molecule has 0 radical (unpaired) electrons. The van der Waals surface area contributed by atoms with Gasteiger partial charge in [-0.3, -0.25) is 9.69 Å². The summed E-state index contributed by atoms with van der Waals surface area (Å²) in [5, 5.41) is 6.45. The van der Waals surface area contributed by atoms with Gasteiger partial charge in [0.2, 0.25) is 5.91 Å². The van der Waals surface area contributed by atoms with Crippen LogP contribution in [0.2, 0.25) is 0 Å². The van der Waals surface area contributed by atoms with Crippen LogP contribution in [-0.4, -0.2) is 83.6 Å². The molecule has 1 saturated heterocycles. The third kappa shape index (κ3) is 4.71. The molecule has 1 fully saturated rings. The Morgan fingerprint density at radius 1 is 1.19 bits per heavy atom. The Balaban J connectivity index is 1.32. The van der Waals surface area contributed by atoms with Crippen molar-refractivity contribution in [1.29, 1.82) is 0 Å². The fraction of sp³-hybridized carbons (Fsp3) is 0.429. The SMILES string of the molecule is CCN(CC)S(=O)(=O)N1CCN(CC(=O)Nc2nc(-c3c[nH]c4ccccc34)cs2)CC1. The lowest BCUT2D eigenvalue weighted by Crippen LogP contribution is -2.54. The molecule has 0 bridgehead atoms. The number of aromatic amines is 1. The van der Waals surface area contributed by atoms with E-state index in [1.54, 1.807) is 0 Å². The lowest BCUT2D eigenvalue weighted by atomic mass is 10.1. The molecular formula is C21H28N6O3S2. The van der Waals surface area contributed by atoms with E-state index in [1.807, 2.05) is 54.6 Å². The van der Waals surface area contributed by atoms with Crippen molar-refractivity contribution in [2.75, 3.05) is 51.1 Å². The van der Waals surface area contributed by atoms with Crippen LogP contribution in [0.15, 0.2) is 35.8 Å². The minimum Gasteiger partial charge on any atom is -0.360 e. The number of H-pyrrole nitrogens is 1. The van der Waals surface area contributed by atoms with Crippen LogP contribution in [0, 0.1) is 0 Å². The third-order valence-corrected chi connectivity index (χ3v) is 8.62. The number of hydrogen-bond donors (Lipinski definition) is 2. The number of anilines is 1. The van der Waals surface area contributed by atoms with E-state index in [0.29, 0.717) is 44.4 Å². The van der Waals surface area contributed by atoms with Crippen LogP contribution < -0.4 is 5.32 Å². The molecule has 0 spiro atoms. The monoisotopic (exact) mass is 476 g/mol. The zero-order chi connectivity index (χ0) is 22.7. The fourth-order valence-electron chi connectivity index (χ4n) is 3.93. The Hall–Kier alpha value is -2.31. The molecule has 1 aliphatic heterocycles. The molecule has 1 amide bonds. The van der Waals surface area contributed by atoms with Crippen molar-refractivity contribution in [1.82, 2.24) is 23.5 Å². The second-order valence-electron chi connectivity index (χ2n) is 7.60.